The van der Waals surface area contributed by atoms with Crippen LogP contribution in [0, 0.1) is 19.7 Å². The minimum Gasteiger partial charge on any atom is -0.344 e. The van der Waals surface area contributed by atoms with Crippen molar-refractivity contribution in [3.05, 3.63) is 70.0 Å². The average Bonchev–Trinajstić information content (AvgIpc) is 3.22. The maximum Gasteiger partial charge on any atom is 0.238 e. The lowest BCUT2D eigenvalue weighted by atomic mass is 10.1. The molecule has 0 unspecified atom stereocenters. The quantitative estimate of drug-likeness (QED) is 0.635. The lowest BCUT2D eigenvalue weighted by Crippen LogP contribution is -2.48. The number of nitrogens with zero attached hydrogens (tertiary/aromatic N) is 4. The Labute approximate surface area is 185 Å². The largest absolute Gasteiger partial charge is 0.344 e. The predicted molar refractivity (Wildman–Crippen MR) is 122 cm³/mol. The molecule has 0 saturated carbocycles. The molecule has 31 heavy (non-hydrogen) atoms. The molecule has 0 atom stereocenters. The fourth-order valence-electron chi connectivity index (χ4n) is 3.60. The molecule has 1 amide bonds. The topological polar surface area (TPSA) is 61.4 Å². The van der Waals surface area contributed by atoms with Gasteiger partial charge in [-0.05, 0) is 48.7 Å². The number of amides is 1. The van der Waals surface area contributed by atoms with E-state index in [0.717, 1.165) is 53.1 Å². The Kier molecular flexibility index (Phi) is 6.58. The van der Waals surface area contributed by atoms with Crippen molar-refractivity contribution in [1.29, 1.82) is 0 Å². The van der Waals surface area contributed by atoms with E-state index in [1.807, 2.05) is 32.0 Å². The molecule has 0 radical (unpaired) electrons. The van der Waals surface area contributed by atoms with E-state index in [0.29, 0.717) is 13.0 Å². The molecule has 2 heterocycles. The van der Waals surface area contributed by atoms with Crippen molar-refractivity contribution in [2.75, 3.05) is 42.9 Å². The van der Waals surface area contributed by atoms with Crippen molar-refractivity contribution < 1.29 is 9.18 Å². The van der Waals surface area contributed by atoms with Crippen LogP contribution in [-0.4, -0.2) is 53.7 Å². The van der Waals surface area contributed by atoms with Gasteiger partial charge in [0.15, 0.2) is 0 Å². The molecule has 1 fully saturated rings. The lowest BCUT2D eigenvalue weighted by Gasteiger charge is -2.33. The van der Waals surface area contributed by atoms with Gasteiger partial charge in [0.05, 0.1) is 6.54 Å². The van der Waals surface area contributed by atoms with Gasteiger partial charge in [-0.2, -0.15) is 0 Å². The minimum atomic E-state index is -0.234. The zero-order chi connectivity index (χ0) is 21.8. The van der Waals surface area contributed by atoms with Gasteiger partial charge in [0.25, 0.3) is 0 Å². The van der Waals surface area contributed by atoms with Gasteiger partial charge in [-0.3, -0.25) is 9.69 Å². The highest BCUT2D eigenvalue weighted by molar-refractivity contribution is 7.15. The van der Waals surface area contributed by atoms with Crippen molar-refractivity contribution >= 4 is 28.1 Å². The van der Waals surface area contributed by atoms with Crippen LogP contribution in [0.2, 0.25) is 0 Å². The predicted octanol–water partition coefficient (Wildman–Crippen LogP) is 3.65. The Balaban J connectivity index is 1.27. The van der Waals surface area contributed by atoms with Gasteiger partial charge >= 0.3 is 0 Å². The zero-order valence-electron chi connectivity index (χ0n) is 17.8. The number of anilines is 2. The maximum absolute atomic E-state index is 13.1. The number of aryl methyl sites for hydroxylation is 1. The Morgan fingerprint density at radius 3 is 2.55 bits per heavy atom. The summed E-state index contributed by atoms with van der Waals surface area (Å²) in [4.78, 5) is 16.9. The van der Waals surface area contributed by atoms with E-state index >= 15 is 0 Å². The fourth-order valence-corrected chi connectivity index (χ4v) is 4.52. The number of rotatable bonds is 6. The monoisotopic (exact) mass is 439 g/mol. The van der Waals surface area contributed by atoms with Gasteiger partial charge in [-0.1, -0.05) is 35.6 Å². The van der Waals surface area contributed by atoms with Crippen LogP contribution >= 0.6 is 11.3 Å². The summed E-state index contributed by atoms with van der Waals surface area (Å²) in [5.41, 5.74) is 4.17. The molecule has 1 N–H and O–H groups in total. The standard InChI is InChI=1S/C23H26FN5OS/c1-16-4-3-5-20(17(16)2)25-21(30)15-28-10-12-29(13-11-28)23-27-26-22(31-23)14-18-6-8-19(24)9-7-18/h3-9H,10-15H2,1-2H3,(H,25,30). The fraction of sp³-hybridized carbons (Fsp3) is 0.348. The van der Waals surface area contributed by atoms with E-state index in [1.54, 1.807) is 23.5 Å². The second-order valence-corrected chi connectivity index (χ2v) is 8.88. The minimum absolute atomic E-state index is 0.0136. The summed E-state index contributed by atoms with van der Waals surface area (Å²) in [6.07, 6.45) is 0.649. The van der Waals surface area contributed by atoms with Crippen molar-refractivity contribution in [3.63, 3.8) is 0 Å². The third-order valence-electron chi connectivity index (χ3n) is 5.61. The first kappa shape index (κ1) is 21.4. The Morgan fingerprint density at radius 1 is 1.06 bits per heavy atom. The van der Waals surface area contributed by atoms with Gasteiger partial charge in [0.2, 0.25) is 11.0 Å². The SMILES string of the molecule is Cc1cccc(NC(=O)CN2CCN(c3nnc(Cc4ccc(F)cc4)s3)CC2)c1C. The molecule has 8 heteroatoms. The molecule has 4 rings (SSSR count). The van der Waals surface area contributed by atoms with Crippen molar-refractivity contribution in [3.8, 4) is 0 Å². The molecule has 6 nitrogen and oxygen atoms in total. The summed E-state index contributed by atoms with van der Waals surface area (Å²) in [7, 11) is 0. The first-order valence-corrected chi connectivity index (χ1v) is 11.2. The van der Waals surface area contributed by atoms with E-state index in [2.05, 4.69) is 25.3 Å². The van der Waals surface area contributed by atoms with E-state index in [4.69, 9.17) is 0 Å². The molecule has 1 aliphatic heterocycles. The second-order valence-electron chi connectivity index (χ2n) is 7.84. The molecule has 0 spiro atoms. The molecule has 3 aromatic rings. The molecular weight excluding hydrogens is 413 g/mol. The smallest absolute Gasteiger partial charge is 0.238 e. The molecule has 1 aromatic heterocycles. The van der Waals surface area contributed by atoms with E-state index < -0.39 is 0 Å². The normalized spacial score (nSPS) is 14.6. The van der Waals surface area contributed by atoms with Gasteiger partial charge in [0.1, 0.15) is 10.8 Å². The number of piperazine rings is 1. The number of halogens is 1. The van der Waals surface area contributed by atoms with Crippen molar-refractivity contribution in [2.24, 2.45) is 0 Å². The third kappa shape index (κ3) is 5.45. The zero-order valence-corrected chi connectivity index (χ0v) is 18.6. The number of carbonyl (C=O) groups excluding carboxylic acids is 1. The van der Waals surface area contributed by atoms with Crippen molar-refractivity contribution in [2.45, 2.75) is 20.3 Å². The summed E-state index contributed by atoms with van der Waals surface area (Å²) < 4.78 is 13.1. The Morgan fingerprint density at radius 2 is 1.81 bits per heavy atom. The average molecular weight is 440 g/mol. The molecule has 1 saturated heterocycles. The molecule has 0 bridgehead atoms. The second kappa shape index (κ2) is 9.53. The highest BCUT2D eigenvalue weighted by Crippen LogP contribution is 2.24. The number of carbonyl (C=O) groups is 1. The van der Waals surface area contributed by atoms with E-state index in [1.165, 1.54) is 17.7 Å². The van der Waals surface area contributed by atoms with Crippen molar-refractivity contribution in [1.82, 2.24) is 15.1 Å². The van der Waals surface area contributed by atoms with Crippen LogP contribution in [-0.2, 0) is 11.2 Å². The van der Waals surface area contributed by atoms with Crippen LogP contribution < -0.4 is 10.2 Å². The summed E-state index contributed by atoms with van der Waals surface area (Å²) in [5, 5.41) is 13.5. The number of nitrogens with one attached hydrogen (secondary N) is 1. The van der Waals surface area contributed by atoms with Crippen LogP contribution in [0.1, 0.15) is 21.7 Å². The Hall–Kier alpha value is -2.84. The number of hydrogen-bond acceptors (Lipinski definition) is 6. The van der Waals surface area contributed by atoms with Crippen LogP contribution in [0.5, 0.6) is 0 Å². The molecule has 162 valence electrons. The van der Waals surface area contributed by atoms with Gasteiger partial charge < -0.3 is 10.2 Å². The summed E-state index contributed by atoms with van der Waals surface area (Å²) in [5.74, 6) is -0.220. The summed E-state index contributed by atoms with van der Waals surface area (Å²) in [6, 6.07) is 12.4. The molecular formula is C23H26FN5OS. The van der Waals surface area contributed by atoms with E-state index in [9.17, 15) is 9.18 Å². The van der Waals surface area contributed by atoms with Gasteiger partial charge in [-0.15, -0.1) is 10.2 Å². The van der Waals surface area contributed by atoms with Crippen LogP contribution in [0.15, 0.2) is 42.5 Å². The highest BCUT2D eigenvalue weighted by atomic mass is 32.1. The van der Waals surface area contributed by atoms with Crippen LogP contribution in [0.4, 0.5) is 15.2 Å². The van der Waals surface area contributed by atoms with Crippen LogP contribution in [0.25, 0.3) is 0 Å². The van der Waals surface area contributed by atoms with Gasteiger partial charge in [0, 0.05) is 38.3 Å². The third-order valence-corrected chi connectivity index (χ3v) is 6.60. The molecule has 1 aliphatic rings. The number of hydrogen-bond donors (Lipinski definition) is 1. The molecule has 0 aliphatic carbocycles. The highest BCUT2D eigenvalue weighted by Gasteiger charge is 2.22. The first-order valence-electron chi connectivity index (χ1n) is 10.4. The van der Waals surface area contributed by atoms with Crippen LogP contribution in [0.3, 0.4) is 0 Å². The first-order chi connectivity index (χ1) is 15.0. The Bertz CT molecular complexity index is 1040. The number of aromatic nitrogens is 2. The summed E-state index contributed by atoms with van der Waals surface area (Å²) in [6.45, 7) is 7.66. The maximum atomic E-state index is 13.1. The van der Waals surface area contributed by atoms with Gasteiger partial charge in [-0.25, -0.2) is 4.39 Å². The lowest BCUT2D eigenvalue weighted by molar-refractivity contribution is -0.117. The molecule has 2 aromatic carbocycles. The number of benzene rings is 2. The summed E-state index contributed by atoms with van der Waals surface area (Å²) >= 11 is 1.57. The van der Waals surface area contributed by atoms with E-state index in [-0.39, 0.29) is 11.7 Å².